The van der Waals surface area contributed by atoms with Gasteiger partial charge in [0.2, 0.25) is 5.91 Å². The second-order valence-corrected chi connectivity index (χ2v) is 4.63. The van der Waals surface area contributed by atoms with E-state index in [1.807, 2.05) is 38.1 Å². The van der Waals surface area contributed by atoms with Gasteiger partial charge < -0.3 is 15.4 Å². The SMILES string of the molecule is CC(C)Oc1cccc(N2CC(N)CC2=O)c1. The molecule has 4 heteroatoms. The molecular weight excluding hydrogens is 216 g/mol. The summed E-state index contributed by atoms with van der Waals surface area (Å²) in [5.41, 5.74) is 6.64. The fraction of sp³-hybridized carbons (Fsp3) is 0.462. The van der Waals surface area contributed by atoms with E-state index in [4.69, 9.17) is 10.5 Å². The second-order valence-electron chi connectivity index (χ2n) is 4.63. The van der Waals surface area contributed by atoms with Crippen LogP contribution in [0.2, 0.25) is 0 Å². The number of carbonyl (C=O) groups excluding carboxylic acids is 1. The predicted molar refractivity (Wildman–Crippen MR) is 67.2 cm³/mol. The maximum atomic E-state index is 11.7. The van der Waals surface area contributed by atoms with Crippen molar-refractivity contribution in [1.29, 1.82) is 0 Å². The number of nitrogens with zero attached hydrogens (tertiary/aromatic N) is 1. The average Bonchev–Trinajstić information content (AvgIpc) is 2.57. The molecule has 1 saturated heterocycles. The smallest absolute Gasteiger partial charge is 0.228 e. The zero-order chi connectivity index (χ0) is 12.4. The number of carbonyl (C=O) groups is 1. The Labute approximate surface area is 101 Å². The van der Waals surface area contributed by atoms with Crippen LogP contribution in [0.4, 0.5) is 5.69 Å². The van der Waals surface area contributed by atoms with Crippen LogP contribution in [0.5, 0.6) is 5.75 Å². The predicted octanol–water partition coefficient (Wildman–Crippen LogP) is 1.54. The van der Waals surface area contributed by atoms with Gasteiger partial charge in [-0.2, -0.15) is 0 Å². The van der Waals surface area contributed by atoms with E-state index in [0.29, 0.717) is 13.0 Å². The lowest BCUT2D eigenvalue weighted by Crippen LogP contribution is -2.27. The first-order chi connectivity index (χ1) is 8.06. The van der Waals surface area contributed by atoms with E-state index in [0.717, 1.165) is 11.4 Å². The van der Waals surface area contributed by atoms with Gasteiger partial charge in [0.1, 0.15) is 5.75 Å². The molecule has 1 aromatic rings. The maximum absolute atomic E-state index is 11.7. The van der Waals surface area contributed by atoms with Gasteiger partial charge in [-0.25, -0.2) is 0 Å². The van der Waals surface area contributed by atoms with E-state index in [9.17, 15) is 4.79 Å². The summed E-state index contributed by atoms with van der Waals surface area (Å²) in [5, 5.41) is 0. The lowest BCUT2D eigenvalue weighted by molar-refractivity contribution is -0.117. The fourth-order valence-corrected chi connectivity index (χ4v) is 1.98. The van der Waals surface area contributed by atoms with Crippen molar-refractivity contribution in [2.24, 2.45) is 5.73 Å². The van der Waals surface area contributed by atoms with Crippen molar-refractivity contribution in [3.63, 3.8) is 0 Å². The van der Waals surface area contributed by atoms with Crippen molar-refractivity contribution in [1.82, 2.24) is 0 Å². The summed E-state index contributed by atoms with van der Waals surface area (Å²) in [5.74, 6) is 0.866. The molecule has 1 atom stereocenters. The Morgan fingerprint density at radius 3 is 2.82 bits per heavy atom. The number of amides is 1. The average molecular weight is 234 g/mol. The molecule has 0 aliphatic carbocycles. The van der Waals surface area contributed by atoms with Crippen molar-refractivity contribution in [2.75, 3.05) is 11.4 Å². The Bertz CT molecular complexity index is 418. The van der Waals surface area contributed by atoms with Crippen LogP contribution in [0.25, 0.3) is 0 Å². The van der Waals surface area contributed by atoms with Crippen molar-refractivity contribution >= 4 is 11.6 Å². The highest BCUT2D eigenvalue weighted by Crippen LogP contribution is 2.25. The van der Waals surface area contributed by atoms with E-state index in [1.165, 1.54) is 0 Å². The van der Waals surface area contributed by atoms with E-state index in [2.05, 4.69) is 0 Å². The third-order valence-electron chi connectivity index (χ3n) is 2.66. The summed E-state index contributed by atoms with van der Waals surface area (Å²) in [6, 6.07) is 7.52. The lowest BCUT2D eigenvalue weighted by Gasteiger charge is -2.18. The zero-order valence-electron chi connectivity index (χ0n) is 10.2. The first-order valence-electron chi connectivity index (χ1n) is 5.89. The Balaban J connectivity index is 2.18. The minimum Gasteiger partial charge on any atom is -0.491 e. The van der Waals surface area contributed by atoms with Gasteiger partial charge in [0, 0.05) is 30.8 Å². The largest absolute Gasteiger partial charge is 0.491 e. The summed E-state index contributed by atoms with van der Waals surface area (Å²) < 4.78 is 5.61. The summed E-state index contributed by atoms with van der Waals surface area (Å²) in [7, 11) is 0. The highest BCUT2D eigenvalue weighted by molar-refractivity contribution is 5.96. The molecule has 0 saturated carbocycles. The lowest BCUT2D eigenvalue weighted by atomic mass is 10.2. The number of hydrogen-bond donors (Lipinski definition) is 1. The van der Waals surface area contributed by atoms with Crippen LogP contribution in [0, 0.1) is 0 Å². The monoisotopic (exact) mass is 234 g/mol. The number of rotatable bonds is 3. The molecule has 0 spiro atoms. The number of hydrogen-bond acceptors (Lipinski definition) is 3. The molecule has 1 aromatic carbocycles. The van der Waals surface area contributed by atoms with Crippen molar-refractivity contribution in [3.05, 3.63) is 24.3 Å². The minimum absolute atomic E-state index is 0.0582. The third kappa shape index (κ3) is 2.77. The van der Waals surface area contributed by atoms with E-state index < -0.39 is 0 Å². The van der Waals surface area contributed by atoms with Crippen LogP contribution in [0.15, 0.2) is 24.3 Å². The van der Waals surface area contributed by atoms with Crippen LogP contribution >= 0.6 is 0 Å². The Kier molecular flexibility index (Phi) is 3.33. The first-order valence-corrected chi connectivity index (χ1v) is 5.89. The fourth-order valence-electron chi connectivity index (χ4n) is 1.98. The number of nitrogens with two attached hydrogens (primary N) is 1. The molecule has 0 bridgehead atoms. The van der Waals surface area contributed by atoms with Crippen molar-refractivity contribution in [2.45, 2.75) is 32.4 Å². The first kappa shape index (κ1) is 11.9. The summed E-state index contributed by atoms with van der Waals surface area (Å²) in [6.45, 7) is 4.54. The molecular formula is C13H18N2O2. The normalized spacial score (nSPS) is 20.1. The van der Waals surface area contributed by atoms with Gasteiger partial charge in [-0.15, -0.1) is 0 Å². The molecule has 2 N–H and O–H groups in total. The zero-order valence-corrected chi connectivity index (χ0v) is 10.2. The standard InChI is InChI=1S/C13H18N2O2/c1-9(2)17-12-5-3-4-11(7-12)15-8-10(14)6-13(15)16/h3-5,7,9-10H,6,8,14H2,1-2H3. The number of benzene rings is 1. The highest BCUT2D eigenvalue weighted by Gasteiger charge is 2.28. The Morgan fingerprint density at radius 2 is 2.24 bits per heavy atom. The molecule has 4 nitrogen and oxygen atoms in total. The summed E-state index contributed by atoms with van der Waals surface area (Å²) in [4.78, 5) is 13.4. The Morgan fingerprint density at radius 1 is 1.47 bits per heavy atom. The molecule has 0 radical (unpaired) electrons. The number of ether oxygens (including phenoxy) is 1. The summed E-state index contributed by atoms with van der Waals surface area (Å²) in [6.07, 6.45) is 0.553. The molecule has 1 fully saturated rings. The molecule has 2 rings (SSSR count). The molecule has 0 aromatic heterocycles. The van der Waals surface area contributed by atoms with E-state index in [1.54, 1.807) is 4.90 Å². The minimum atomic E-state index is -0.0582. The van der Waals surface area contributed by atoms with Gasteiger partial charge in [-0.1, -0.05) is 6.07 Å². The quantitative estimate of drug-likeness (QED) is 0.863. The van der Waals surface area contributed by atoms with Crippen molar-refractivity contribution < 1.29 is 9.53 Å². The van der Waals surface area contributed by atoms with Gasteiger partial charge in [0.15, 0.2) is 0 Å². The van der Waals surface area contributed by atoms with Crippen LogP contribution in [-0.2, 0) is 4.79 Å². The van der Waals surface area contributed by atoms with E-state index >= 15 is 0 Å². The van der Waals surface area contributed by atoms with Crippen LogP contribution in [0.3, 0.4) is 0 Å². The topological polar surface area (TPSA) is 55.6 Å². The van der Waals surface area contributed by atoms with Crippen LogP contribution in [-0.4, -0.2) is 24.6 Å². The Hall–Kier alpha value is -1.55. The molecule has 1 heterocycles. The molecule has 92 valence electrons. The van der Waals surface area contributed by atoms with Crippen molar-refractivity contribution in [3.8, 4) is 5.75 Å². The van der Waals surface area contributed by atoms with Gasteiger partial charge in [0.25, 0.3) is 0 Å². The van der Waals surface area contributed by atoms with Gasteiger partial charge >= 0.3 is 0 Å². The van der Waals surface area contributed by atoms with Gasteiger partial charge in [-0.05, 0) is 26.0 Å². The van der Waals surface area contributed by atoms with Gasteiger partial charge in [0.05, 0.1) is 6.10 Å². The van der Waals surface area contributed by atoms with Gasteiger partial charge in [-0.3, -0.25) is 4.79 Å². The number of anilines is 1. The maximum Gasteiger partial charge on any atom is 0.228 e. The molecule has 17 heavy (non-hydrogen) atoms. The summed E-state index contributed by atoms with van der Waals surface area (Å²) >= 11 is 0. The second kappa shape index (κ2) is 4.75. The van der Waals surface area contributed by atoms with Crippen LogP contribution in [0.1, 0.15) is 20.3 Å². The third-order valence-corrected chi connectivity index (χ3v) is 2.66. The van der Waals surface area contributed by atoms with E-state index in [-0.39, 0.29) is 18.1 Å². The highest BCUT2D eigenvalue weighted by atomic mass is 16.5. The molecule has 1 aliphatic heterocycles. The molecule has 1 aliphatic rings. The molecule has 1 unspecified atom stereocenters. The van der Waals surface area contributed by atoms with Crippen LogP contribution < -0.4 is 15.4 Å². The molecule has 1 amide bonds.